The zero-order valence-electron chi connectivity index (χ0n) is 8.93. The molecule has 12 heavy (non-hydrogen) atoms. The minimum absolute atomic E-state index is 0.700. The number of rotatable bonds is 3. The Kier molecular flexibility index (Phi) is 1.79. The molecule has 2 aliphatic carbocycles. The molecule has 2 atom stereocenters. The molecule has 0 nitrogen and oxygen atoms in total. The molecular formula is C12H22. The van der Waals surface area contributed by atoms with Gasteiger partial charge in [-0.25, -0.2) is 0 Å². The Morgan fingerprint density at radius 3 is 2.25 bits per heavy atom. The Morgan fingerprint density at radius 2 is 1.83 bits per heavy atom. The Hall–Kier alpha value is 0. The summed E-state index contributed by atoms with van der Waals surface area (Å²) in [7, 11) is 0. The van der Waals surface area contributed by atoms with Crippen molar-refractivity contribution in [1.82, 2.24) is 0 Å². The van der Waals surface area contributed by atoms with E-state index >= 15 is 0 Å². The second-order valence-corrected chi connectivity index (χ2v) is 5.92. The van der Waals surface area contributed by atoms with Gasteiger partial charge in [0.1, 0.15) is 0 Å². The maximum Gasteiger partial charge on any atom is -0.0289 e. The van der Waals surface area contributed by atoms with E-state index in [0.717, 1.165) is 23.7 Å². The number of hydrogen-bond donors (Lipinski definition) is 0. The molecule has 0 aromatic rings. The normalized spacial score (nSPS) is 38.8. The maximum atomic E-state index is 2.48. The summed E-state index contributed by atoms with van der Waals surface area (Å²) in [5.74, 6) is 4.19. The summed E-state index contributed by atoms with van der Waals surface area (Å²) in [5, 5.41) is 0. The monoisotopic (exact) mass is 166 g/mol. The maximum absolute atomic E-state index is 2.48. The van der Waals surface area contributed by atoms with E-state index in [-0.39, 0.29) is 0 Å². The second kappa shape index (κ2) is 2.49. The van der Waals surface area contributed by atoms with Gasteiger partial charge in [0.05, 0.1) is 0 Å². The van der Waals surface area contributed by atoms with Crippen molar-refractivity contribution in [2.75, 3.05) is 0 Å². The topological polar surface area (TPSA) is 0 Å². The molecule has 0 heteroatoms. The van der Waals surface area contributed by atoms with Crippen LogP contribution in [0.1, 0.15) is 47.0 Å². The molecule has 2 aliphatic rings. The molecule has 0 heterocycles. The van der Waals surface area contributed by atoms with E-state index < -0.39 is 0 Å². The molecule has 0 aliphatic heterocycles. The van der Waals surface area contributed by atoms with Gasteiger partial charge in [-0.05, 0) is 48.3 Å². The fourth-order valence-electron chi connectivity index (χ4n) is 3.14. The van der Waals surface area contributed by atoms with E-state index in [1.807, 2.05) is 0 Å². The molecule has 2 unspecified atom stereocenters. The van der Waals surface area contributed by atoms with Crippen molar-refractivity contribution in [3.05, 3.63) is 0 Å². The second-order valence-electron chi connectivity index (χ2n) is 5.92. The van der Waals surface area contributed by atoms with Crippen LogP contribution in [0.4, 0.5) is 0 Å². The molecule has 0 radical (unpaired) electrons. The highest BCUT2D eigenvalue weighted by Gasteiger charge is 2.62. The van der Waals surface area contributed by atoms with Gasteiger partial charge in [-0.3, -0.25) is 0 Å². The largest absolute Gasteiger partial charge is 0.0628 e. The van der Waals surface area contributed by atoms with Crippen LogP contribution in [0.3, 0.4) is 0 Å². The van der Waals surface area contributed by atoms with E-state index in [2.05, 4.69) is 27.7 Å². The first-order valence-electron chi connectivity index (χ1n) is 5.53. The summed E-state index contributed by atoms with van der Waals surface area (Å²) < 4.78 is 0. The molecule has 0 N–H and O–H groups in total. The van der Waals surface area contributed by atoms with Crippen LogP contribution < -0.4 is 0 Å². The van der Waals surface area contributed by atoms with Crippen LogP contribution in [-0.2, 0) is 0 Å². The first-order chi connectivity index (χ1) is 5.53. The van der Waals surface area contributed by atoms with Crippen molar-refractivity contribution in [1.29, 1.82) is 0 Å². The Balaban J connectivity index is 1.91. The molecule has 2 fully saturated rings. The van der Waals surface area contributed by atoms with E-state index in [1.54, 1.807) is 0 Å². The highest BCUT2D eigenvalue weighted by atomic mass is 14.7. The van der Waals surface area contributed by atoms with Crippen LogP contribution in [0.15, 0.2) is 0 Å². The highest BCUT2D eigenvalue weighted by Crippen LogP contribution is 2.68. The van der Waals surface area contributed by atoms with Crippen LogP contribution in [-0.4, -0.2) is 0 Å². The average molecular weight is 166 g/mol. The van der Waals surface area contributed by atoms with Crippen LogP contribution in [0.2, 0.25) is 0 Å². The quantitative estimate of drug-likeness (QED) is 0.599. The van der Waals surface area contributed by atoms with Crippen LogP contribution in [0, 0.1) is 29.1 Å². The molecule has 0 saturated heterocycles. The lowest BCUT2D eigenvalue weighted by Crippen LogP contribution is -1.94. The lowest BCUT2D eigenvalue weighted by atomic mass is 10.0. The van der Waals surface area contributed by atoms with Gasteiger partial charge in [0, 0.05) is 0 Å². The first kappa shape index (κ1) is 8.59. The van der Waals surface area contributed by atoms with Crippen molar-refractivity contribution in [2.45, 2.75) is 47.0 Å². The highest BCUT2D eigenvalue weighted by molar-refractivity contribution is 5.10. The lowest BCUT2D eigenvalue weighted by Gasteiger charge is -2.04. The van der Waals surface area contributed by atoms with Gasteiger partial charge in [0.15, 0.2) is 0 Å². The van der Waals surface area contributed by atoms with Crippen molar-refractivity contribution >= 4 is 0 Å². The predicted octanol–water partition coefficient (Wildman–Crippen LogP) is 3.71. The third kappa shape index (κ3) is 1.30. The standard InChI is InChI=1S/C12H22/c1-8(2)7-10-11(9-5-6-9)12(10,3)4/h8-11H,5-7H2,1-4H3. The molecule has 0 spiro atoms. The smallest absolute Gasteiger partial charge is 0.0289 e. The average Bonchev–Trinajstić information content (AvgIpc) is 2.73. The molecular weight excluding hydrogens is 144 g/mol. The van der Waals surface area contributed by atoms with Gasteiger partial charge >= 0.3 is 0 Å². The Bertz CT molecular complexity index is 174. The molecule has 0 bridgehead atoms. The van der Waals surface area contributed by atoms with E-state index in [1.165, 1.54) is 19.3 Å². The van der Waals surface area contributed by atoms with Gasteiger partial charge in [0.2, 0.25) is 0 Å². The van der Waals surface area contributed by atoms with Crippen molar-refractivity contribution < 1.29 is 0 Å². The molecule has 0 aromatic heterocycles. The Labute approximate surface area is 76.7 Å². The van der Waals surface area contributed by atoms with Crippen molar-refractivity contribution in [2.24, 2.45) is 29.1 Å². The summed E-state index contributed by atoms with van der Waals surface area (Å²) in [6, 6.07) is 0. The van der Waals surface area contributed by atoms with Crippen molar-refractivity contribution in [3.8, 4) is 0 Å². The van der Waals surface area contributed by atoms with Crippen LogP contribution in [0.5, 0.6) is 0 Å². The lowest BCUT2D eigenvalue weighted by molar-refractivity contribution is 0.462. The molecule has 0 amide bonds. The summed E-state index contributed by atoms with van der Waals surface area (Å²) in [4.78, 5) is 0. The fourth-order valence-corrected chi connectivity index (χ4v) is 3.14. The Morgan fingerprint density at radius 1 is 1.25 bits per heavy atom. The minimum atomic E-state index is 0.700. The molecule has 2 saturated carbocycles. The van der Waals surface area contributed by atoms with Gasteiger partial charge in [-0.15, -0.1) is 0 Å². The van der Waals surface area contributed by atoms with E-state index in [0.29, 0.717) is 5.41 Å². The summed E-state index contributed by atoms with van der Waals surface area (Å²) in [6.45, 7) is 9.67. The summed E-state index contributed by atoms with van der Waals surface area (Å²) in [6.07, 6.45) is 4.53. The zero-order chi connectivity index (χ0) is 8.93. The SMILES string of the molecule is CC(C)CC1C(C2CC2)C1(C)C. The molecule has 2 rings (SSSR count). The predicted molar refractivity (Wildman–Crippen MR) is 52.9 cm³/mol. The van der Waals surface area contributed by atoms with Gasteiger partial charge in [0.25, 0.3) is 0 Å². The fraction of sp³-hybridized carbons (Fsp3) is 1.00. The van der Waals surface area contributed by atoms with E-state index in [4.69, 9.17) is 0 Å². The first-order valence-corrected chi connectivity index (χ1v) is 5.53. The zero-order valence-corrected chi connectivity index (χ0v) is 8.93. The van der Waals surface area contributed by atoms with Crippen LogP contribution >= 0.6 is 0 Å². The summed E-state index contributed by atoms with van der Waals surface area (Å²) >= 11 is 0. The number of hydrogen-bond acceptors (Lipinski definition) is 0. The van der Waals surface area contributed by atoms with E-state index in [9.17, 15) is 0 Å². The van der Waals surface area contributed by atoms with Crippen molar-refractivity contribution in [3.63, 3.8) is 0 Å². The van der Waals surface area contributed by atoms with Gasteiger partial charge in [-0.2, -0.15) is 0 Å². The third-order valence-electron chi connectivity index (χ3n) is 3.99. The van der Waals surface area contributed by atoms with Crippen LogP contribution in [0.25, 0.3) is 0 Å². The van der Waals surface area contributed by atoms with Gasteiger partial charge in [-0.1, -0.05) is 27.7 Å². The molecule has 70 valence electrons. The summed E-state index contributed by atoms with van der Waals surface area (Å²) in [5.41, 5.74) is 0.700. The third-order valence-corrected chi connectivity index (χ3v) is 3.99. The minimum Gasteiger partial charge on any atom is -0.0628 e. The molecule has 0 aromatic carbocycles. The van der Waals surface area contributed by atoms with Gasteiger partial charge < -0.3 is 0 Å².